The van der Waals surface area contributed by atoms with Crippen molar-refractivity contribution in [1.82, 2.24) is 0 Å². The highest BCUT2D eigenvalue weighted by molar-refractivity contribution is 5.87. The standard InChI is InChI=1S/C22H34O2/c1-2-3-4-5-6-7-8-9-10-11-12-13-14-15-20-16-18-21(19-17-20)22(23)24/h11-12,16-19H,2-10,13-15H2,1H3,(H,23,24)/b12-11+. The smallest absolute Gasteiger partial charge is 0.335 e. The van der Waals surface area contributed by atoms with E-state index in [0.29, 0.717) is 5.56 Å². The van der Waals surface area contributed by atoms with Crippen molar-refractivity contribution in [2.75, 3.05) is 0 Å². The van der Waals surface area contributed by atoms with Gasteiger partial charge in [0.15, 0.2) is 0 Å². The second-order valence-corrected chi connectivity index (χ2v) is 6.63. The number of unbranched alkanes of at least 4 members (excludes halogenated alkanes) is 9. The maximum absolute atomic E-state index is 10.8. The molecule has 0 aliphatic carbocycles. The van der Waals surface area contributed by atoms with Crippen molar-refractivity contribution in [3.63, 3.8) is 0 Å². The monoisotopic (exact) mass is 330 g/mol. The first kappa shape index (κ1) is 20.5. The Labute approximate surface area is 148 Å². The van der Waals surface area contributed by atoms with E-state index in [2.05, 4.69) is 19.1 Å². The fraction of sp³-hybridized carbons (Fsp3) is 0.591. The van der Waals surface area contributed by atoms with Crippen LogP contribution in [0.2, 0.25) is 0 Å². The predicted molar refractivity (Wildman–Crippen MR) is 103 cm³/mol. The molecule has 0 heterocycles. The van der Waals surface area contributed by atoms with Crippen LogP contribution in [0.15, 0.2) is 36.4 Å². The summed E-state index contributed by atoms with van der Waals surface area (Å²) < 4.78 is 0. The summed E-state index contributed by atoms with van der Waals surface area (Å²) in [5, 5.41) is 8.87. The van der Waals surface area contributed by atoms with E-state index in [4.69, 9.17) is 5.11 Å². The largest absolute Gasteiger partial charge is 0.478 e. The number of aromatic carboxylic acids is 1. The third-order valence-corrected chi connectivity index (χ3v) is 4.43. The number of hydrogen-bond donors (Lipinski definition) is 1. The highest BCUT2D eigenvalue weighted by atomic mass is 16.4. The molecule has 0 bridgehead atoms. The maximum atomic E-state index is 10.8. The molecule has 1 N–H and O–H groups in total. The van der Waals surface area contributed by atoms with Gasteiger partial charge in [-0.25, -0.2) is 4.79 Å². The molecule has 134 valence electrons. The van der Waals surface area contributed by atoms with Gasteiger partial charge in [-0.2, -0.15) is 0 Å². The normalized spacial score (nSPS) is 11.2. The third-order valence-electron chi connectivity index (χ3n) is 4.43. The molecule has 0 saturated heterocycles. The van der Waals surface area contributed by atoms with Crippen molar-refractivity contribution < 1.29 is 9.90 Å². The van der Waals surface area contributed by atoms with Gasteiger partial charge in [0, 0.05) is 0 Å². The molecule has 0 saturated carbocycles. The lowest BCUT2D eigenvalue weighted by Crippen LogP contribution is -1.96. The summed E-state index contributed by atoms with van der Waals surface area (Å²) in [6, 6.07) is 7.23. The van der Waals surface area contributed by atoms with Gasteiger partial charge in [-0.15, -0.1) is 0 Å². The first-order valence-corrected chi connectivity index (χ1v) is 9.71. The number of hydrogen-bond acceptors (Lipinski definition) is 1. The first-order valence-electron chi connectivity index (χ1n) is 9.71. The topological polar surface area (TPSA) is 37.3 Å². The van der Waals surface area contributed by atoms with E-state index < -0.39 is 5.97 Å². The Bertz CT molecular complexity index is 459. The van der Waals surface area contributed by atoms with Crippen molar-refractivity contribution in [3.8, 4) is 0 Å². The molecular weight excluding hydrogens is 296 g/mol. The van der Waals surface area contributed by atoms with Crippen LogP contribution in [0.25, 0.3) is 0 Å². The molecule has 2 heteroatoms. The van der Waals surface area contributed by atoms with Crippen molar-refractivity contribution in [2.24, 2.45) is 0 Å². The summed E-state index contributed by atoms with van der Waals surface area (Å²) in [5.74, 6) is -0.856. The van der Waals surface area contributed by atoms with Crippen LogP contribution in [0, 0.1) is 0 Å². The summed E-state index contributed by atoms with van der Waals surface area (Å²) in [5.41, 5.74) is 1.58. The lowest BCUT2D eigenvalue weighted by Gasteiger charge is -2.01. The van der Waals surface area contributed by atoms with Crippen LogP contribution in [0.3, 0.4) is 0 Å². The number of carbonyl (C=O) groups is 1. The van der Waals surface area contributed by atoms with E-state index in [1.54, 1.807) is 12.1 Å². The molecule has 0 radical (unpaired) electrons. The van der Waals surface area contributed by atoms with Gasteiger partial charge in [-0.1, -0.05) is 76.2 Å². The Hall–Kier alpha value is -1.57. The minimum Gasteiger partial charge on any atom is -0.478 e. The van der Waals surface area contributed by atoms with Crippen molar-refractivity contribution in [1.29, 1.82) is 0 Å². The van der Waals surface area contributed by atoms with E-state index in [1.807, 2.05) is 12.1 Å². The summed E-state index contributed by atoms with van der Waals surface area (Å²) in [6.45, 7) is 2.27. The number of allylic oxidation sites excluding steroid dienone is 2. The number of aryl methyl sites for hydroxylation is 1. The second kappa shape index (κ2) is 13.8. The minimum absolute atomic E-state index is 0.365. The van der Waals surface area contributed by atoms with Crippen LogP contribution in [-0.2, 0) is 6.42 Å². The zero-order valence-electron chi connectivity index (χ0n) is 15.3. The second-order valence-electron chi connectivity index (χ2n) is 6.63. The van der Waals surface area contributed by atoms with Gasteiger partial charge in [-0.05, 0) is 49.8 Å². The third kappa shape index (κ3) is 10.3. The number of carboxylic acids is 1. The zero-order valence-corrected chi connectivity index (χ0v) is 15.3. The Morgan fingerprint density at radius 1 is 0.833 bits per heavy atom. The lowest BCUT2D eigenvalue weighted by molar-refractivity contribution is 0.0697. The highest BCUT2D eigenvalue weighted by Crippen LogP contribution is 2.11. The molecule has 24 heavy (non-hydrogen) atoms. The van der Waals surface area contributed by atoms with Crippen LogP contribution in [0.4, 0.5) is 0 Å². The van der Waals surface area contributed by atoms with Gasteiger partial charge in [0.05, 0.1) is 5.56 Å². The fourth-order valence-electron chi connectivity index (χ4n) is 2.87. The number of benzene rings is 1. The highest BCUT2D eigenvalue weighted by Gasteiger charge is 2.01. The molecular formula is C22H34O2. The molecule has 0 aliphatic heterocycles. The van der Waals surface area contributed by atoms with E-state index in [1.165, 1.54) is 63.4 Å². The Kier molecular flexibility index (Phi) is 11.8. The number of carboxylic acid groups (broad SMARTS) is 1. The van der Waals surface area contributed by atoms with Crippen molar-refractivity contribution in [3.05, 3.63) is 47.5 Å². The number of rotatable bonds is 14. The fourth-order valence-corrected chi connectivity index (χ4v) is 2.87. The molecule has 1 aromatic rings. The van der Waals surface area contributed by atoms with Crippen LogP contribution in [0.5, 0.6) is 0 Å². The van der Waals surface area contributed by atoms with Crippen LogP contribution < -0.4 is 0 Å². The van der Waals surface area contributed by atoms with E-state index >= 15 is 0 Å². The maximum Gasteiger partial charge on any atom is 0.335 e. The zero-order chi connectivity index (χ0) is 17.5. The summed E-state index contributed by atoms with van der Waals surface area (Å²) in [6.07, 6.45) is 20.1. The molecule has 2 nitrogen and oxygen atoms in total. The SMILES string of the molecule is CCCCCCCCCC/C=C/CCCc1ccc(C(=O)O)cc1. The average molecular weight is 331 g/mol. The van der Waals surface area contributed by atoms with Gasteiger partial charge in [-0.3, -0.25) is 0 Å². The van der Waals surface area contributed by atoms with Gasteiger partial charge in [0.25, 0.3) is 0 Å². The van der Waals surface area contributed by atoms with Gasteiger partial charge >= 0.3 is 5.97 Å². The molecule has 1 rings (SSSR count). The van der Waals surface area contributed by atoms with Crippen LogP contribution in [-0.4, -0.2) is 11.1 Å². The summed E-state index contributed by atoms with van der Waals surface area (Å²) in [4.78, 5) is 10.8. The molecule has 0 spiro atoms. The van der Waals surface area contributed by atoms with Crippen molar-refractivity contribution in [2.45, 2.75) is 84.0 Å². The molecule has 0 aliphatic rings. The van der Waals surface area contributed by atoms with E-state index in [-0.39, 0.29) is 0 Å². The predicted octanol–water partition coefficient (Wildman–Crippen LogP) is 6.79. The van der Waals surface area contributed by atoms with E-state index in [0.717, 1.165) is 19.3 Å². The molecule has 0 atom stereocenters. The average Bonchev–Trinajstić information content (AvgIpc) is 2.59. The first-order chi connectivity index (χ1) is 11.7. The molecule has 0 unspecified atom stereocenters. The van der Waals surface area contributed by atoms with E-state index in [9.17, 15) is 4.79 Å². The Morgan fingerprint density at radius 3 is 1.96 bits per heavy atom. The lowest BCUT2D eigenvalue weighted by atomic mass is 10.1. The van der Waals surface area contributed by atoms with Gasteiger partial charge < -0.3 is 5.11 Å². The van der Waals surface area contributed by atoms with Crippen LogP contribution in [0.1, 0.15) is 93.5 Å². The summed E-state index contributed by atoms with van der Waals surface area (Å²) >= 11 is 0. The van der Waals surface area contributed by atoms with Gasteiger partial charge in [0.1, 0.15) is 0 Å². The molecule has 1 aromatic carbocycles. The molecule has 0 fully saturated rings. The Morgan fingerprint density at radius 2 is 1.38 bits per heavy atom. The van der Waals surface area contributed by atoms with Crippen LogP contribution >= 0.6 is 0 Å². The quantitative estimate of drug-likeness (QED) is 0.301. The van der Waals surface area contributed by atoms with Crippen molar-refractivity contribution >= 4 is 5.97 Å². The Balaban J connectivity index is 1.95. The summed E-state index contributed by atoms with van der Waals surface area (Å²) in [7, 11) is 0. The minimum atomic E-state index is -0.856. The molecule has 0 aromatic heterocycles. The van der Waals surface area contributed by atoms with Gasteiger partial charge in [0.2, 0.25) is 0 Å². The molecule has 0 amide bonds.